The van der Waals surface area contributed by atoms with Crippen LogP contribution < -0.4 is 0 Å². The van der Waals surface area contributed by atoms with Crippen molar-refractivity contribution in [3.8, 4) is 6.07 Å². The standard InChI is InChI=1S/C12H15IN2/c1-2-15(9-3-8-14)10-11-4-6-12(13)7-5-11/h4-7H,2-3,9-10H2,1H3. The van der Waals surface area contributed by atoms with E-state index in [9.17, 15) is 0 Å². The molecule has 0 unspecified atom stereocenters. The summed E-state index contributed by atoms with van der Waals surface area (Å²) < 4.78 is 1.26. The first-order chi connectivity index (χ1) is 7.26. The van der Waals surface area contributed by atoms with Crippen molar-refractivity contribution >= 4 is 22.6 Å². The van der Waals surface area contributed by atoms with Gasteiger partial charge in [0.2, 0.25) is 0 Å². The minimum absolute atomic E-state index is 0.609. The van der Waals surface area contributed by atoms with Gasteiger partial charge in [0.25, 0.3) is 0 Å². The summed E-state index contributed by atoms with van der Waals surface area (Å²) in [6.07, 6.45) is 0.609. The largest absolute Gasteiger partial charge is 0.298 e. The molecule has 0 radical (unpaired) electrons. The van der Waals surface area contributed by atoms with Crippen molar-refractivity contribution in [2.24, 2.45) is 0 Å². The maximum Gasteiger partial charge on any atom is 0.0635 e. The Kier molecular flexibility index (Phi) is 5.66. The molecule has 0 bridgehead atoms. The second kappa shape index (κ2) is 6.81. The van der Waals surface area contributed by atoms with E-state index in [-0.39, 0.29) is 0 Å². The molecule has 3 heteroatoms. The quantitative estimate of drug-likeness (QED) is 0.781. The second-order valence-electron chi connectivity index (χ2n) is 3.40. The van der Waals surface area contributed by atoms with E-state index in [0.29, 0.717) is 6.42 Å². The number of halogens is 1. The molecule has 0 aliphatic carbocycles. The van der Waals surface area contributed by atoms with Crippen LogP contribution in [0.2, 0.25) is 0 Å². The van der Waals surface area contributed by atoms with Crippen LogP contribution in [-0.2, 0) is 6.54 Å². The van der Waals surface area contributed by atoms with E-state index in [1.165, 1.54) is 9.13 Å². The number of rotatable bonds is 5. The predicted octanol–water partition coefficient (Wildman–Crippen LogP) is 3.03. The summed E-state index contributed by atoms with van der Waals surface area (Å²) in [5.41, 5.74) is 1.32. The lowest BCUT2D eigenvalue weighted by Gasteiger charge is -2.18. The van der Waals surface area contributed by atoms with Gasteiger partial charge >= 0.3 is 0 Å². The first-order valence-corrected chi connectivity index (χ1v) is 6.18. The molecule has 0 saturated heterocycles. The smallest absolute Gasteiger partial charge is 0.0635 e. The zero-order valence-electron chi connectivity index (χ0n) is 8.91. The van der Waals surface area contributed by atoms with Gasteiger partial charge < -0.3 is 0 Å². The Hall–Kier alpha value is -0.600. The summed E-state index contributed by atoms with van der Waals surface area (Å²) in [6, 6.07) is 10.7. The third-order valence-corrected chi connectivity index (χ3v) is 3.03. The highest BCUT2D eigenvalue weighted by Gasteiger charge is 2.02. The average Bonchev–Trinajstić information content (AvgIpc) is 2.27. The maximum absolute atomic E-state index is 8.54. The molecule has 0 aromatic heterocycles. The van der Waals surface area contributed by atoms with Crippen molar-refractivity contribution in [3.63, 3.8) is 0 Å². The highest BCUT2D eigenvalue weighted by Crippen LogP contribution is 2.09. The molecule has 15 heavy (non-hydrogen) atoms. The molecule has 0 aliphatic heterocycles. The summed E-state index contributed by atoms with van der Waals surface area (Å²) in [5.74, 6) is 0. The van der Waals surface area contributed by atoms with Crippen LogP contribution in [0.15, 0.2) is 24.3 Å². The minimum Gasteiger partial charge on any atom is -0.298 e. The normalized spacial score (nSPS) is 10.3. The lowest BCUT2D eigenvalue weighted by Crippen LogP contribution is -2.23. The van der Waals surface area contributed by atoms with Crippen LogP contribution in [0.3, 0.4) is 0 Å². The number of hydrogen-bond donors (Lipinski definition) is 0. The van der Waals surface area contributed by atoms with Crippen LogP contribution in [0.4, 0.5) is 0 Å². The summed E-state index contributed by atoms with van der Waals surface area (Å²) in [7, 11) is 0. The Morgan fingerprint density at radius 2 is 2.00 bits per heavy atom. The Balaban J connectivity index is 2.51. The highest BCUT2D eigenvalue weighted by molar-refractivity contribution is 14.1. The van der Waals surface area contributed by atoms with Crippen LogP contribution in [0.1, 0.15) is 18.9 Å². The highest BCUT2D eigenvalue weighted by atomic mass is 127. The lowest BCUT2D eigenvalue weighted by atomic mass is 10.2. The summed E-state index contributed by atoms with van der Waals surface area (Å²) in [4.78, 5) is 2.28. The molecule has 1 rings (SSSR count). The predicted molar refractivity (Wildman–Crippen MR) is 70.3 cm³/mol. The van der Waals surface area contributed by atoms with Gasteiger partial charge in [-0.05, 0) is 46.8 Å². The monoisotopic (exact) mass is 314 g/mol. The zero-order chi connectivity index (χ0) is 11.1. The second-order valence-corrected chi connectivity index (χ2v) is 4.65. The first kappa shape index (κ1) is 12.5. The first-order valence-electron chi connectivity index (χ1n) is 5.10. The van der Waals surface area contributed by atoms with Crippen molar-refractivity contribution in [2.75, 3.05) is 13.1 Å². The van der Waals surface area contributed by atoms with E-state index in [4.69, 9.17) is 5.26 Å². The van der Waals surface area contributed by atoms with Crippen molar-refractivity contribution in [1.29, 1.82) is 5.26 Å². The van der Waals surface area contributed by atoms with E-state index in [0.717, 1.165) is 19.6 Å². The third kappa shape index (κ3) is 4.63. The van der Waals surface area contributed by atoms with Gasteiger partial charge in [-0.1, -0.05) is 19.1 Å². The molecule has 0 spiro atoms. The van der Waals surface area contributed by atoms with Crippen molar-refractivity contribution in [2.45, 2.75) is 19.9 Å². The molecule has 0 N–H and O–H groups in total. The number of benzene rings is 1. The van der Waals surface area contributed by atoms with Crippen LogP contribution >= 0.6 is 22.6 Å². The molecule has 0 heterocycles. The van der Waals surface area contributed by atoms with Gasteiger partial charge in [-0.15, -0.1) is 0 Å². The number of nitrogens with zero attached hydrogens (tertiary/aromatic N) is 2. The maximum atomic E-state index is 8.54. The van der Waals surface area contributed by atoms with Crippen molar-refractivity contribution < 1.29 is 0 Å². The van der Waals surface area contributed by atoms with Gasteiger partial charge in [-0.2, -0.15) is 5.26 Å². The van der Waals surface area contributed by atoms with Crippen LogP contribution in [-0.4, -0.2) is 18.0 Å². The molecule has 0 saturated carbocycles. The molecule has 0 amide bonds. The fourth-order valence-electron chi connectivity index (χ4n) is 1.41. The minimum atomic E-state index is 0.609. The molecule has 0 fully saturated rings. The Morgan fingerprint density at radius 1 is 1.33 bits per heavy atom. The Bertz CT molecular complexity index is 326. The van der Waals surface area contributed by atoms with Gasteiger partial charge in [-0.25, -0.2) is 0 Å². The molecule has 80 valence electrons. The van der Waals surface area contributed by atoms with Gasteiger partial charge in [0.15, 0.2) is 0 Å². The Labute approximate surface area is 105 Å². The fraction of sp³-hybridized carbons (Fsp3) is 0.417. The fourth-order valence-corrected chi connectivity index (χ4v) is 1.76. The SMILES string of the molecule is CCN(CCC#N)Cc1ccc(I)cc1. The molecule has 2 nitrogen and oxygen atoms in total. The van der Waals surface area contributed by atoms with Crippen LogP contribution in [0.5, 0.6) is 0 Å². The topological polar surface area (TPSA) is 27.0 Å². The van der Waals surface area contributed by atoms with Crippen molar-refractivity contribution in [1.82, 2.24) is 4.90 Å². The van der Waals surface area contributed by atoms with E-state index in [2.05, 4.69) is 64.7 Å². The number of hydrogen-bond acceptors (Lipinski definition) is 2. The van der Waals surface area contributed by atoms with Crippen LogP contribution in [0, 0.1) is 14.9 Å². The summed E-state index contributed by atoms with van der Waals surface area (Å²) in [6.45, 7) is 4.92. The molecule has 1 aromatic rings. The molecule has 0 aliphatic rings. The average molecular weight is 314 g/mol. The lowest BCUT2D eigenvalue weighted by molar-refractivity contribution is 0.287. The molecule has 1 aromatic carbocycles. The van der Waals surface area contributed by atoms with Gasteiger partial charge in [-0.3, -0.25) is 4.90 Å². The van der Waals surface area contributed by atoms with E-state index >= 15 is 0 Å². The summed E-state index contributed by atoms with van der Waals surface area (Å²) in [5, 5.41) is 8.54. The molecular weight excluding hydrogens is 299 g/mol. The van der Waals surface area contributed by atoms with E-state index in [1.807, 2.05) is 0 Å². The van der Waals surface area contributed by atoms with Gasteiger partial charge in [0.1, 0.15) is 0 Å². The molecule has 0 atom stereocenters. The van der Waals surface area contributed by atoms with Gasteiger partial charge in [0.05, 0.1) is 6.07 Å². The van der Waals surface area contributed by atoms with Crippen molar-refractivity contribution in [3.05, 3.63) is 33.4 Å². The van der Waals surface area contributed by atoms with E-state index < -0.39 is 0 Å². The third-order valence-electron chi connectivity index (χ3n) is 2.31. The van der Waals surface area contributed by atoms with Crippen LogP contribution in [0.25, 0.3) is 0 Å². The van der Waals surface area contributed by atoms with Gasteiger partial charge in [0, 0.05) is 23.1 Å². The zero-order valence-corrected chi connectivity index (χ0v) is 11.1. The van der Waals surface area contributed by atoms with E-state index in [1.54, 1.807) is 0 Å². The Morgan fingerprint density at radius 3 is 2.53 bits per heavy atom. The molecular formula is C12H15IN2. The summed E-state index contributed by atoms with van der Waals surface area (Å²) >= 11 is 2.31. The number of nitriles is 1.